The SMILES string of the molecule is O=C(O)c1cn(CCN2CCC3(CCCC3)CC2)nn1. The van der Waals surface area contributed by atoms with Gasteiger partial charge in [0.25, 0.3) is 0 Å². The van der Waals surface area contributed by atoms with Crippen molar-refractivity contribution in [3.63, 3.8) is 0 Å². The van der Waals surface area contributed by atoms with Gasteiger partial charge in [-0.25, -0.2) is 4.79 Å². The summed E-state index contributed by atoms with van der Waals surface area (Å²) in [5.41, 5.74) is 0.675. The second kappa shape index (κ2) is 5.52. The molecule has 0 unspecified atom stereocenters. The van der Waals surface area contributed by atoms with E-state index in [1.54, 1.807) is 4.68 Å². The number of aromatic nitrogens is 3. The van der Waals surface area contributed by atoms with Crippen LogP contribution in [0.5, 0.6) is 0 Å². The van der Waals surface area contributed by atoms with Gasteiger partial charge in [-0.1, -0.05) is 18.1 Å². The van der Waals surface area contributed by atoms with Crippen molar-refractivity contribution in [2.45, 2.75) is 45.1 Å². The molecule has 1 aromatic rings. The number of likely N-dealkylation sites (tertiary alicyclic amines) is 1. The van der Waals surface area contributed by atoms with Crippen molar-refractivity contribution in [3.05, 3.63) is 11.9 Å². The molecule has 2 fully saturated rings. The Morgan fingerprint density at radius 2 is 1.90 bits per heavy atom. The highest BCUT2D eigenvalue weighted by Gasteiger charge is 2.36. The van der Waals surface area contributed by atoms with E-state index in [4.69, 9.17) is 5.11 Å². The zero-order chi connectivity index (χ0) is 14.0. The Kier molecular flexibility index (Phi) is 3.74. The molecule has 0 radical (unpaired) electrons. The summed E-state index contributed by atoms with van der Waals surface area (Å²) < 4.78 is 1.63. The van der Waals surface area contributed by atoms with Crippen molar-refractivity contribution in [3.8, 4) is 0 Å². The molecule has 0 bridgehead atoms. The van der Waals surface area contributed by atoms with Gasteiger partial charge in [0.05, 0.1) is 12.7 Å². The third-order valence-corrected chi connectivity index (χ3v) is 4.98. The third-order valence-electron chi connectivity index (χ3n) is 4.98. The lowest BCUT2D eigenvalue weighted by Gasteiger charge is -2.39. The summed E-state index contributed by atoms with van der Waals surface area (Å²) in [6.45, 7) is 3.98. The Bertz CT molecular complexity index is 469. The van der Waals surface area contributed by atoms with Gasteiger partial charge in [-0.15, -0.1) is 5.10 Å². The first-order chi connectivity index (χ1) is 9.67. The van der Waals surface area contributed by atoms with E-state index in [-0.39, 0.29) is 5.69 Å². The molecule has 0 atom stereocenters. The molecule has 1 aromatic heterocycles. The summed E-state index contributed by atoms with van der Waals surface area (Å²) in [6.07, 6.45) is 9.83. The molecule has 0 aromatic carbocycles. The highest BCUT2D eigenvalue weighted by molar-refractivity contribution is 5.84. The fraction of sp³-hybridized carbons (Fsp3) is 0.786. The number of nitrogens with zero attached hydrogens (tertiary/aromatic N) is 4. The molecule has 2 aliphatic rings. The maximum Gasteiger partial charge on any atom is 0.358 e. The Morgan fingerprint density at radius 1 is 1.20 bits per heavy atom. The van der Waals surface area contributed by atoms with Gasteiger partial charge in [0.15, 0.2) is 5.69 Å². The van der Waals surface area contributed by atoms with Crippen molar-refractivity contribution < 1.29 is 9.90 Å². The number of rotatable bonds is 4. The van der Waals surface area contributed by atoms with Crippen LogP contribution >= 0.6 is 0 Å². The van der Waals surface area contributed by atoms with E-state index in [2.05, 4.69) is 15.2 Å². The van der Waals surface area contributed by atoms with Crippen LogP contribution in [0.4, 0.5) is 0 Å². The summed E-state index contributed by atoms with van der Waals surface area (Å²) in [6, 6.07) is 0. The molecule has 1 spiro atoms. The molecule has 20 heavy (non-hydrogen) atoms. The van der Waals surface area contributed by atoms with Gasteiger partial charge in [0.2, 0.25) is 0 Å². The molecule has 1 N–H and O–H groups in total. The zero-order valence-corrected chi connectivity index (χ0v) is 11.8. The fourth-order valence-electron chi connectivity index (χ4n) is 3.63. The monoisotopic (exact) mass is 278 g/mol. The molecule has 1 aliphatic heterocycles. The molecule has 1 aliphatic carbocycles. The van der Waals surface area contributed by atoms with Crippen LogP contribution in [0, 0.1) is 5.41 Å². The molecular weight excluding hydrogens is 256 g/mol. The standard InChI is InChI=1S/C14H22N4O2/c19-13(20)12-11-18(16-15-12)10-9-17-7-5-14(6-8-17)3-1-2-4-14/h11H,1-10H2,(H,19,20). The molecule has 0 amide bonds. The molecular formula is C14H22N4O2. The Morgan fingerprint density at radius 3 is 2.50 bits per heavy atom. The maximum absolute atomic E-state index is 10.7. The predicted octanol–water partition coefficient (Wildman–Crippen LogP) is 1.63. The van der Waals surface area contributed by atoms with Crippen molar-refractivity contribution in [2.75, 3.05) is 19.6 Å². The molecule has 3 rings (SSSR count). The fourth-order valence-corrected chi connectivity index (χ4v) is 3.63. The van der Waals surface area contributed by atoms with Crippen LogP contribution < -0.4 is 0 Å². The van der Waals surface area contributed by atoms with Crippen molar-refractivity contribution >= 4 is 5.97 Å². The number of aromatic carboxylic acids is 1. The van der Waals surface area contributed by atoms with Crippen LogP contribution in [-0.2, 0) is 6.54 Å². The zero-order valence-electron chi connectivity index (χ0n) is 11.8. The number of carboxylic acids is 1. The lowest BCUT2D eigenvalue weighted by Crippen LogP contribution is -2.40. The summed E-state index contributed by atoms with van der Waals surface area (Å²) in [5.74, 6) is -1.02. The topological polar surface area (TPSA) is 71.2 Å². The van der Waals surface area contributed by atoms with Crippen molar-refractivity contribution in [1.29, 1.82) is 0 Å². The van der Waals surface area contributed by atoms with E-state index in [1.165, 1.54) is 57.8 Å². The van der Waals surface area contributed by atoms with Gasteiger partial charge in [0, 0.05) is 6.54 Å². The number of hydrogen-bond acceptors (Lipinski definition) is 4. The van der Waals surface area contributed by atoms with Gasteiger partial charge in [0.1, 0.15) is 0 Å². The number of carboxylic acid groups (broad SMARTS) is 1. The second-order valence-electron chi connectivity index (χ2n) is 6.22. The molecule has 6 nitrogen and oxygen atoms in total. The highest BCUT2D eigenvalue weighted by Crippen LogP contribution is 2.45. The first-order valence-electron chi connectivity index (χ1n) is 7.53. The number of hydrogen-bond donors (Lipinski definition) is 1. The van der Waals surface area contributed by atoms with Crippen molar-refractivity contribution in [2.24, 2.45) is 5.41 Å². The maximum atomic E-state index is 10.7. The molecule has 6 heteroatoms. The molecule has 110 valence electrons. The first kappa shape index (κ1) is 13.5. The average molecular weight is 278 g/mol. The van der Waals surface area contributed by atoms with Gasteiger partial charge >= 0.3 is 5.97 Å². The van der Waals surface area contributed by atoms with Crippen LogP contribution in [0.1, 0.15) is 49.0 Å². The van der Waals surface area contributed by atoms with E-state index < -0.39 is 5.97 Å². The predicted molar refractivity (Wildman–Crippen MR) is 73.6 cm³/mol. The average Bonchev–Trinajstić information content (AvgIpc) is 3.08. The minimum Gasteiger partial charge on any atom is -0.476 e. The summed E-state index contributed by atoms with van der Waals surface area (Å²) in [4.78, 5) is 13.2. The minimum atomic E-state index is -1.02. The molecule has 1 saturated heterocycles. The normalized spacial score (nSPS) is 22.4. The minimum absolute atomic E-state index is 0.0218. The van der Waals surface area contributed by atoms with E-state index in [0.717, 1.165) is 6.54 Å². The Hall–Kier alpha value is -1.43. The van der Waals surface area contributed by atoms with Crippen LogP contribution in [-0.4, -0.2) is 50.6 Å². The van der Waals surface area contributed by atoms with E-state index in [9.17, 15) is 4.79 Å². The van der Waals surface area contributed by atoms with Gasteiger partial charge in [-0.05, 0) is 44.2 Å². The lowest BCUT2D eigenvalue weighted by atomic mass is 9.77. The summed E-state index contributed by atoms with van der Waals surface area (Å²) in [7, 11) is 0. The number of carbonyl (C=O) groups is 1. The van der Waals surface area contributed by atoms with Crippen LogP contribution in [0.3, 0.4) is 0 Å². The molecule has 1 saturated carbocycles. The summed E-state index contributed by atoms with van der Waals surface area (Å²) >= 11 is 0. The van der Waals surface area contributed by atoms with E-state index >= 15 is 0 Å². The van der Waals surface area contributed by atoms with Crippen LogP contribution in [0.15, 0.2) is 6.20 Å². The number of piperidine rings is 1. The smallest absolute Gasteiger partial charge is 0.358 e. The van der Waals surface area contributed by atoms with Crippen LogP contribution in [0.2, 0.25) is 0 Å². The van der Waals surface area contributed by atoms with Gasteiger partial charge in [-0.3, -0.25) is 4.68 Å². The summed E-state index contributed by atoms with van der Waals surface area (Å²) in [5, 5.41) is 16.3. The largest absolute Gasteiger partial charge is 0.476 e. The van der Waals surface area contributed by atoms with Crippen LogP contribution in [0.25, 0.3) is 0 Å². The van der Waals surface area contributed by atoms with E-state index in [0.29, 0.717) is 12.0 Å². The van der Waals surface area contributed by atoms with Gasteiger partial charge < -0.3 is 10.0 Å². The lowest BCUT2D eigenvalue weighted by molar-refractivity contribution is 0.0690. The third kappa shape index (κ3) is 2.85. The molecule has 2 heterocycles. The second-order valence-corrected chi connectivity index (χ2v) is 6.22. The highest BCUT2D eigenvalue weighted by atomic mass is 16.4. The first-order valence-corrected chi connectivity index (χ1v) is 7.53. The Labute approximate surface area is 118 Å². The van der Waals surface area contributed by atoms with E-state index in [1.807, 2.05) is 0 Å². The van der Waals surface area contributed by atoms with Gasteiger partial charge in [-0.2, -0.15) is 0 Å². The van der Waals surface area contributed by atoms with Crippen molar-refractivity contribution in [1.82, 2.24) is 19.9 Å². The Balaban J connectivity index is 1.46. The quantitative estimate of drug-likeness (QED) is 0.906.